The Balaban J connectivity index is 1.47. The van der Waals surface area contributed by atoms with E-state index in [1.165, 1.54) is 23.0 Å². The van der Waals surface area contributed by atoms with Crippen molar-refractivity contribution in [2.75, 3.05) is 5.32 Å². The Labute approximate surface area is 160 Å². The maximum absolute atomic E-state index is 13.7. The molecular formula is C20H18FN3O2S. The van der Waals surface area contributed by atoms with Gasteiger partial charge in [0.05, 0.1) is 11.3 Å². The number of halogens is 1. The average Bonchev–Trinajstić information content (AvgIpc) is 3.12. The maximum atomic E-state index is 13.7. The van der Waals surface area contributed by atoms with Crippen LogP contribution in [-0.4, -0.2) is 10.9 Å². The van der Waals surface area contributed by atoms with Crippen LogP contribution < -0.4 is 15.4 Å². The van der Waals surface area contributed by atoms with Crippen molar-refractivity contribution < 1.29 is 13.9 Å². The maximum Gasteiger partial charge on any atom is 0.255 e. The zero-order chi connectivity index (χ0) is 19.0. The molecule has 1 aliphatic rings. The van der Waals surface area contributed by atoms with Gasteiger partial charge in [0.15, 0.2) is 0 Å². The minimum absolute atomic E-state index is 0.299. The number of fused-ring (bicyclic) bond motifs is 1. The molecule has 0 aliphatic carbocycles. The van der Waals surface area contributed by atoms with E-state index in [4.69, 9.17) is 4.74 Å². The minimum Gasteiger partial charge on any atom is -0.486 e. The number of aryl methyl sites for hydroxylation is 2. The molecule has 138 valence electrons. The van der Waals surface area contributed by atoms with E-state index in [0.717, 1.165) is 10.8 Å². The van der Waals surface area contributed by atoms with Crippen LogP contribution in [0.1, 0.15) is 38.4 Å². The van der Waals surface area contributed by atoms with E-state index in [9.17, 15) is 9.18 Å². The standard InChI is InChI=1S/C20H18FN3O2S/c1-11-3-5-13(6-4-11)26-9-18-22-17(10-27-18)19-23-16-7-12(2)15(21)8-14(16)20(25)24-19/h3-8,10,19,23H,9H2,1-2H3,(H,24,25)/t19-/m0/s1. The molecular weight excluding hydrogens is 365 g/mol. The molecule has 0 saturated carbocycles. The lowest BCUT2D eigenvalue weighted by molar-refractivity contribution is 0.0934. The van der Waals surface area contributed by atoms with Crippen LogP contribution >= 0.6 is 11.3 Å². The van der Waals surface area contributed by atoms with Gasteiger partial charge in [-0.25, -0.2) is 9.37 Å². The molecule has 0 spiro atoms. The van der Waals surface area contributed by atoms with Crippen molar-refractivity contribution in [2.45, 2.75) is 26.6 Å². The molecule has 5 nitrogen and oxygen atoms in total. The van der Waals surface area contributed by atoms with Crippen LogP contribution in [-0.2, 0) is 6.61 Å². The molecule has 7 heteroatoms. The highest BCUT2D eigenvalue weighted by Gasteiger charge is 2.27. The number of rotatable bonds is 4. The SMILES string of the molecule is Cc1ccc(OCc2nc([C@@H]3NC(=O)c4cc(F)c(C)cc4N3)cs2)cc1. The first kappa shape index (κ1) is 17.5. The summed E-state index contributed by atoms with van der Waals surface area (Å²) in [5.41, 5.74) is 3.26. The molecule has 1 atom stereocenters. The Morgan fingerprint density at radius 1 is 1.19 bits per heavy atom. The topological polar surface area (TPSA) is 63.2 Å². The van der Waals surface area contributed by atoms with E-state index in [1.54, 1.807) is 13.0 Å². The van der Waals surface area contributed by atoms with E-state index in [2.05, 4.69) is 15.6 Å². The monoisotopic (exact) mass is 383 g/mol. The number of carbonyl (C=O) groups excluding carboxylic acids is 1. The summed E-state index contributed by atoms with van der Waals surface area (Å²) >= 11 is 1.47. The van der Waals surface area contributed by atoms with Crippen LogP contribution in [0.2, 0.25) is 0 Å². The third kappa shape index (κ3) is 3.64. The number of benzene rings is 2. The van der Waals surface area contributed by atoms with Crippen LogP contribution in [0, 0.1) is 19.7 Å². The molecule has 27 heavy (non-hydrogen) atoms. The predicted octanol–water partition coefficient (Wildman–Crippen LogP) is 4.33. The first-order chi connectivity index (χ1) is 13.0. The molecule has 0 unspecified atom stereocenters. The van der Waals surface area contributed by atoms with E-state index in [-0.39, 0.29) is 5.91 Å². The van der Waals surface area contributed by atoms with Crippen LogP contribution in [0.4, 0.5) is 10.1 Å². The fourth-order valence-corrected chi connectivity index (χ4v) is 3.57. The Kier molecular flexibility index (Phi) is 4.53. The summed E-state index contributed by atoms with van der Waals surface area (Å²) in [6.07, 6.45) is -0.459. The highest BCUT2D eigenvalue weighted by Crippen LogP contribution is 2.29. The summed E-state index contributed by atoms with van der Waals surface area (Å²) in [5.74, 6) is 0.0688. The van der Waals surface area contributed by atoms with Crippen molar-refractivity contribution in [1.29, 1.82) is 0 Å². The van der Waals surface area contributed by atoms with Crippen molar-refractivity contribution in [1.82, 2.24) is 10.3 Å². The number of ether oxygens (including phenoxy) is 1. The number of carbonyl (C=O) groups is 1. The molecule has 0 fully saturated rings. The second kappa shape index (κ2) is 7.00. The highest BCUT2D eigenvalue weighted by molar-refractivity contribution is 7.09. The quantitative estimate of drug-likeness (QED) is 0.704. The van der Waals surface area contributed by atoms with Gasteiger partial charge in [-0.05, 0) is 43.7 Å². The normalized spacial score (nSPS) is 15.7. The van der Waals surface area contributed by atoms with Crippen molar-refractivity contribution in [3.63, 3.8) is 0 Å². The van der Waals surface area contributed by atoms with Crippen molar-refractivity contribution in [3.05, 3.63) is 75.0 Å². The van der Waals surface area contributed by atoms with Gasteiger partial charge in [0.2, 0.25) is 0 Å². The van der Waals surface area contributed by atoms with Gasteiger partial charge in [-0.2, -0.15) is 0 Å². The number of hydrogen-bond donors (Lipinski definition) is 2. The fraction of sp³-hybridized carbons (Fsp3) is 0.200. The molecule has 2 heterocycles. The van der Waals surface area contributed by atoms with Crippen molar-refractivity contribution in [2.24, 2.45) is 0 Å². The zero-order valence-corrected chi connectivity index (χ0v) is 15.7. The summed E-state index contributed by atoms with van der Waals surface area (Å²) in [6, 6.07) is 10.7. The molecule has 0 bridgehead atoms. The summed E-state index contributed by atoms with van der Waals surface area (Å²) in [5, 5.41) is 8.72. The van der Waals surface area contributed by atoms with Gasteiger partial charge in [-0.1, -0.05) is 17.7 Å². The third-order valence-electron chi connectivity index (χ3n) is 4.37. The Morgan fingerprint density at radius 3 is 2.74 bits per heavy atom. The average molecular weight is 383 g/mol. The van der Waals surface area contributed by atoms with Crippen molar-refractivity contribution in [3.8, 4) is 5.75 Å². The van der Waals surface area contributed by atoms with Crippen LogP contribution in [0.25, 0.3) is 0 Å². The van der Waals surface area contributed by atoms with E-state index >= 15 is 0 Å². The van der Waals surface area contributed by atoms with Crippen LogP contribution in [0.3, 0.4) is 0 Å². The second-order valence-electron chi connectivity index (χ2n) is 6.47. The number of aromatic nitrogens is 1. The van der Waals surface area contributed by atoms with Gasteiger partial charge in [-0.3, -0.25) is 4.79 Å². The molecule has 3 aromatic rings. The molecule has 0 radical (unpaired) electrons. The van der Waals surface area contributed by atoms with Gasteiger partial charge < -0.3 is 15.4 Å². The molecule has 4 rings (SSSR count). The van der Waals surface area contributed by atoms with Gasteiger partial charge in [0.1, 0.15) is 29.3 Å². The first-order valence-electron chi connectivity index (χ1n) is 8.51. The molecule has 0 saturated heterocycles. The molecule has 1 aromatic heterocycles. The lowest BCUT2D eigenvalue weighted by Crippen LogP contribution is -2.38. The van der Waals surface area contributed by atoms with E-state index in [0.29, 0.717) is 29.1 Å². The molecule has 2 aromatic carbocycles. The number of thiazole rings is 1. The Bertz CT molecular complexity index is 1000. The third-order valence-corrected chi connectivity index (χ3v) is 5.21. The Morgan fingerprint density at radius 2 is 1.96 bits per heavy atom. The van der Waals surface area contributed by atoms with E-state index in [1.807, 2.05) is 36.6 Å². The number of hydrogen-bond acceptors (Lipinski definition) is 5. The summed E-state index contributed by atoms with van der Waals surface area (Å²) in [4.78, 5) is 16.9. The zero-order valence-electron chi connectivity index (χ0n) is 14.9. The predicted molar refractivity (Wildman–Crippen MR) is 103 cm³/mol. The molecule has 1 aliphatic heterocycles. The minimum atomic E-state index is -0.459. The lowest BCUT2D eigenvalue weighted by Gasteiger charge is -2.27. The van der Waals surface area contributed by atoms with E-state index < -0.39 is 12.0 Å². The highest BCUT2D eigenvalue weighted by atomic mass is 32.1. The summed E-state index contributed by atoms with van der Waals surface area (Å²) in [6.45, 7) is 4.05. The lowest BCUT2D eigenvalue weighted by atomic mass is 10.1. The fourth-order valence-electron chi connectivity index (χ4n) is 2.84. The van der Waals surface area contributed by atoms with Gasteiger partial charge in [-0.15, -0.1) is 11.3 Å². The van der Waals surface area contributed by atoms with Gasteiger partial charge in [0, 0.05) is 11.1 Å². The van der Waals surface area contributed by atoms with Crippen LogP contribution in [0.5, 0.6) is 5.75 Å². The summed E-state index contributed by atoms with van der Waals surface area (Å²) in [7, 11) is 0. The van der Waals surface area contributed by atoms with Crippen LogP contribution in [0.15, 0.2) is 41.8 Å². The van der Waals surface area contributed by atoms with Crippen molar-refractivity contribution >= 4 is 22.9 Å². The molecule has 1 amide bonds. The van der Waals surface area contributed by atoms with Gasteiger partial charge >= 0.3 is 0 Å². The Hall–Kier alpha value is -2.93. The summed E-state index contributed by atoms with van der Waals surface area (Å²) < 4.78 is 19.5. The largest absolute Gasteiger partial charge is 0.486 e. The number of nitrogens with zero attached hydrogens (tertiary/aromatic N) is 1. The second-order valence-corrected chi connectivity index (χ2v) is 7.41. The van der Waals surface area contributed by atoms with Gasteiger partial charge in [0.25, 0.3) is 5.91 Å². The smallest absolute Gasteiger partial charge is 0.255 e. The molecule has 2 N–H and O–H groups in total. The number of amides is 1. The number of anilines is 1. The first-order valence-corrected chi connectivity index (χ1v) is 9.39. The number of nitrogens with one attached hydrogen (secondary N) is 2.